The van der Waals surface area contributed by atoms with Crippen molar-refractivity contribution in [1.82, 2.24) is 10.2 Å². The number of hydrogen-bond acceptors (Lipinski definition) is 5. The number of carbonyl (C=O) groups excluding carboxylic acids is 2. The van der Waals surface area contributed by atoms with Gasteiger partial charge in [-0.15, -0.1) is 0 Å². The average Bonchev–Trinajstić information content (AvgIpc) is 2.97. The molecule has 0 unspecified atom stereocenters. The first-order chi connectivity index (χ1) is 20.0. The number of amides is 2. The van der Waals surface area contributed by atoms with Crippen molar-refractivity contribution in [2.75, 3.05) is 17.5 Å². The summed E-state index contributed by atoms with van der Waals surface area (Å²) in [5, 5.41) is 3.71. The molecule has 8 nitrogen and oxygen atoms in total. The van der Waals surface area contributed by atoms with E-state index < -0.39 is 28.5 Å². The lowest BCUT2D eigenvalue weighted by molar-refractivity contribution is -0.140. The van der Waals surface area contributed by atoms with Gasteiger partial charge >= 0.3 is 0 Å². The Kier molecular flexibility index (Phi) is 12.1. The number of hydrogen-bond donors (Lipinski definition) is 1. The van der Waals surface area contributed by atoms with Gasteiger partial charge in [-0.25, -0.2) is 8.42 Å². The highest BCUT2D eigenvalue weighted by molar-refractivity contribution is 7.92. The van der Waals surface area contributed by atoms with Crippen molar-refractivity contribution in [3.8, 4) is 5.75 Å². The Hall–Kier alpha value is -3.27. The molecule has 0 aromatic heterocycles. The van der Waals surface area contributed by atoms with Crippen LogP contribution in [-0.2, 0) is 26.2 Å². The van der Waals surface area contributed by atoms with Gasteiger partial charge in [0.05, 0.1) is 17.2 Å². The summed E-state index contributed by atoms with van der Waals surface area (Å²) in [4.78, 5) is 29.1. The van der Waals surface area contributed by atoms with E-state index in [-0.39, 0.29) is 29.1 Å². The van der Waals surface area contributed by atoms with Gasteiger partial charge in [0.2, 0.25) is 11.8 Å². The minimum Gasteiger partial charge on any atom is -0.492 e. The van der Waals surface area contributed by atoms with Gasteiger partial charge in [-0.3, -0.25) is 13.9 Å². The molecule has 11 heteroatoms. The predicted octanol–water partition coefficient (Wildman–Crippen LogP) is 6.31. The van der Waals surface area contributed by atoms with Crippen LogP contribution in [-0.4, -0.2) is 50.4 Å². The van der Waals surface area contributed by atoms with Gasteiger partial charge in [0, 0.05) is 22.6 Å². The summed E-state index contributed by atoms with van der Waals surface area (Å²) in [7, 11) is -4.22. The van der Waals surface area contributed by atoms with Crippen molar-refractivity contribution in [3.63, 3.8) is 0 Å². The maximum atomic E-state index is 14.2. The standard InChI is InChI=1S/C31H37Cl2N3O5S/c1-5-22(4)34-31(38)27(6-2)35(20-23-17-18-24(32)19-26(23)33)30(37)21-36(28-15-11-12-16-29(28)41-7-3)42(39,40)25-13-9-8-10-14-25/h8-19,22,27H,5-7,20-21H2,1-4H3,(H,34,38)/t22-,27-/m1/s1. The van der Waals surface area contributed by atoms with Crippen LogP contribution >= 0.6 is 23.2 Å². The maximum Gasteiger partial charge on any atom is 0.264 e. The van der Waals surface area contributed by atoms with Crippen LogP contribution in [0.2, 0.25) is 10.0 Å². The van der Waals surface area contributed by atoms with E-state index in [1.807, 2.05) is 13.8 Å². The first kappa shape index (κ1) is 33.2. The fourth-order valence-electron chi connectivity index (χ4n) is 4.37. The first-order valence-electron chi connectivity index (χ1n) is 13.9. The third kappa shape index (κ3) is 8.18. The summed E-state index contributed by atoms with van der Waals surface area (Å²) in [6, 6.07) is 18.4. The van der Waals surface area contributed by atoms with E-state index in [9.17, 15) is 18.0 Å². The lowest BCUT2D eigenvalue weighted by Crippen LogP contribution is -2.53. The maximum absolute atomic E-state index is 14.2. The van der Waals surface area contributed by atoms with Gasteiger partial charge in [-0.05, 0) is 68.7 Å². The molecule has 0 spiro atoms. The van der Waals surface area contributed by atoms with E-state index in [0.717, 1.165) is 4.31 Å². The molecule has 0 aliphatic carbocycles. The third-order valence-electron chi connectivity index (χ3n) is 6.79. The predicted molar refractivity (Wildman–Crippen MR) is 168 cm³/mol. The molecule has 1 N–H and O–H groups in total. The minimum atomic E-state index is -4.22. The van der Waals surface area contributed by atoms with Crippen LogP contribution in [0.3, 0.4) is 0 Å². The minimum absolute atomic E-state index is 0.0120. The van der Waals surface area contributed by atoms with E-state index in [1.165, 1.54) is 17.0 Å². The smallest absolute Gasteiger partial charge is 0.264 e. The highest BCUT2D eigenvalue weighted by Crippen LogP contribution is 2.33. The Morgan fingerprint density at radius 2 is 1.60 bits per heavy atom. The number of halogens is 2. The SMILES string of the molecule is CCOc1ccccc1N(CC(=O)N(Cc1ccc(Cl)cc1Cl)[C@H](CC)C(=O)N[C@H](C)CC)S(=O)(=O)c1ccccc1. The highest BCUT2D eigenvalue weighted by Gasteiger charge is 2.35. The summed E-state index contributed by atoms with van der Waals surface area (Å²) in [5.41, 5.74) is 0.773. The van der Waals surface area contributed by atoms with E-state index in [4.69, 9.17) is 27.9 Å². The van der Waals surface area contributed by atoms with Gasteiger partial charge in [-0.2, -0.15) is 0 Å². The summed E-state index contributed by atoms with van der Waals surface area (Å²) in [6.07, 6.45) is 0.997. The molecule has 0 radical (unpaired) electrons. The summed E-state index contributed by atoms with van der Waals surface area (Å²) in [5.74, 6) is -0.614. The van der Waals surface area contributed by atoms with Crippen LogP contribution in [0.4, 0.5) is 5.69 Å². The molecular formula is C31H37Cl2N3O5S. The molecule has 0 heterocycles. The fraction of sp³-hybridized carbons (Fsp3) is 0.355. The Balaban J connectivity index is 2.12. The molecule has 3 rings (SSSR count). The van der Waals surface area contributed by atoms with Crippen molar-refractivity contribution in [3.05, 3.63) is 88.4 Å². The van der Waals surface area contributed by atoms with Gasteiger partial charge in [0.25, 0.3) is 10.0 Å². The van der Waals surface area contributed by atoms with Crippen LogP contribution in [0.5, 0.6) is 5.75 Å². The number of nitrogens with one attached hydrogen (secondary N) is 1. The van der Waals surface area contributed by atoms with E-state index in [2.05, 4.69) is 5.32 Å². The van der Waals surface area contributed by atoms with Crippen LogP contribution in [0, 0.1) is 0 Å². The van der Waals surface area contributed by atoms with Crippen molar-refractivity contribution in [2.45, 2.75) is 64.1 Å². The molecular weight excluding hydrogens is 597 g/mol. The highest BCUT2D eigenvalue weighted by atomic mass is 35.5. The van der Waals surface area contributed by atoms with E-state index in [0.29, 0.717) is 40.8 Å². The number of benzene rings is 3. The van der Waals surface area contributed by atoms with Gasteiger partial charge < -0.3 is 15.0 Å². The van der Waals surface area contributed by atoms with Crippen molar-refractivity contribution < 1.29 is 22.7 Å². The second-order valence-electron chi connectivity index (χ2n) is 9.72. The molecule has 3 aromatic carbocycles. The van der Waals surface area contributed by atoms with Gasteiger partial charge in [-0.1, -0.05) is 73.4 Å². The number of nitrogens with zero attached hydrogens (tertiary/aromatic N) is 2. The second kappa shape index (κ2) is 15.3. The molecule has 0 saturated heterocycles. The molecule has 0 aliphatic rings. The lowest BCUT2D eigenvalue weighted by atomic mass is 10.1. The Morgan fingerprint density at radius 1 is 0.929 bits per heavy atom. The van der Waals surface area contributed by atoms with E-state index >= 15 is 0 Å². The molecule has 2 atom stereocenters. The average molecular weight is 635 g/mol. The van der Waals surface area contributed by atoms with Gasteiger partial charge in [0.1, 0.15) is 18.3 Å². The number of rotatable bonds is 14. The third-order valence-corrected chi connectivity index (χ3v) is 9.15. The largest absolute Gasteiger partial charge is 0.492 e. The molecule has 0 fully saturated rings. The number of ether oxygens (including phenoxy) is 1. The molecule has 3 aromatic rings. The summed E-state index contributed by atoms with van der Waals surface area (Å²) in [6.45, 7) is 7.09. The van der Waals surface area contributed by atoms with Crippen LogP contribution in [0.25, 0.3) is 0 Å². The normalized spacial score (nSPS) is 12.7. The zero-order chi connectivity index (χ0) is 30.9. The number of anilines is 1. The summed E-state index contributed by atoms with van der Waals surface area (Å²) < 4.78 is 34.9. The molecule has 226 valence electrons. The fourth-order valence-corrected chi connectivity index (χ4v) is 6.28. The topological polar surface area (TPSA) is 96.0 Å². The molecule has 0 aliphatic heterocycles. The lowest BCUT2D eigenvalue weighted by Gasteiger charge is -2.34. The van der Waals surface area contributed by atoms with Crippen molar-refractivity contribution >= 4 is 50.7 Å². The quantitative estimate of drug-likeness (QED) is 0.224. The number of carbonyl (C=O) groups is 2. The van der Waals surface area contributed by atoms with Crippen LogP contribution in [0.15, 0.2) is 77.7 Å². The first-order valence-corrected chi connectivity index (χ1v) is 16.1. The number of para-hydroxylation sites is 2. The monoisotopic (exact) mass is 633 g/mol. The van der Waals surface area contributed by atoms with Crippen LogP contribution < -0.4 is 14.4 Å². The Bertz CT molecular complexity index is 1470. The zero-order valence-electron chi connectivity index (χ0n) is 24.2. The van der Waals surface area contributed by atoms with Crippen LogP contribution in [0.1, 0.15) is 46.1 Å². The Morgan fingerprint density at radius 3 is 2.21 bits per heavy atom. The molecule has 0 saturated carbocycles. The van der Waals surface area contributed by atoms with Gasteiger partial charge in [0.15, 0.2) is 0 Å². The number of sulfonamides is 1. The summed E-state index contributed by atoms with van der Waals surface area (Å²) >= 11 is 12.6. The van der Waals surface area contributed by atoms with Crippen molar-refractivity contribution in [1.29, 1.82) is 0 Å². The molecule has 0 bridgehead atoms. The zero-order valence-corrected chi connectivity index (χ0v) is 26.5. The second-order valence-corrected chi connectivity index (χ2v) is 12.4. The molecule has 42 heavy (non-hydrogen) atoms. The van der Waals surface area contributed by atoms with E-state index in [1.54, 1.807) is 74.5 Å². The molecule has 2 amide bonds. The Labute approximate surface area is 258 Å². The van der Waals surface area contributed by atoms with Crippen molar-refractivity contribution in [2.24, 2.45) is 0 Å².